The highest BCUT2D eigenvalue weighted by Gasteiger charge is 2.31. The summed E-state index contributed by atoms with van der Waals surface area (Å²) in [6, 6.07) is 13.2. The van der Waals surface area contributed by atoms with Gasteiger partial charge in [0.25, 0.3) is 0 Å². The molecule has 1 fully saturated rings. The summed E-state index contributed by atoms with van der Waals surface area (Å²) in [5.74, 6) is -1.00. The van der Waals surface area contributed by atoms with Crippen molar-refractivity contribution in [2.24, 2.45) is 0 Å². The van der Waals surface area contributed by atoms with E-state index in [1.807, 2.05) is 13.8 Å². The maximum absolute atomic E-state index is 13.9. The van der Waals surface area contributed by atoms with E-state index in [0.717, 1.165) is 11.1 Å². The predicted molar refractivity (Wildman–Crippen MR) is 184 cm³/mol. The molecule has 0 unspecified atom stereocenters. The standard InChI is InChI=1S/C34H52N4O8S2/c1-27-9-13-29(14-10-27)47(41,42)37-21-17-35(25-31(39)45-33(3,4)5)19-23-38(48(43,44)30-15-11-28(2)12-16-30)24-20-36(18-22-37)26-32(40)46-34(6,7)8/h9-16H,17-26H2,1-8H3. The SMILES string of the molecule is Cc1ccc(S(=O)(=O)N2CCN(CC(=O)OC(C)(C)C)CCN(S(=O)(=O)c3ccc(C)cc3)CCN(CC(=O)OC(C)(C)C)CC2)cc1. The lowest BCUT2D eigenvalue weighted by atomic mass is 10.2. The molecule has 268 valence electrons. The fraction of sp³-hybridized carbons (Fsp3) is 0.588. The van der Waals surface area contributed by atoms with Gasteiger partial charge in [-0.3, -0.25) is 19.4 Å². The molecule has 0 radical (unpaired) electrons. The van der Waals surface area contributed by atoms with Gasteiger partial charge in [0.1, 0.15) is 11.2 Å². The Morgan fingerprint density at radius 3 is 1.06 bits per heavy atom. The average Bonchev–Trinajstić information content (AvgIpc) is 2.94. The Labute approximate surface area is 287 Å². The number of carbonyl (C=O) groups is 2. The van der Waals surface area contributed by atoms with Crippen molar-refractivity contribution in [1.29, 1.82) is 0 Å². The number of esters is 2. The van der Waals surface area contributed by atoms with E-state index in [-0.39, 0.29) is 75.2 Å². The van der Waals surface area contributed by atoms with Gasteiger partial charge in [-0.15, -0.1) is 0 Å². The Morgan fingerprint density at radius 1 is 0.542 bits per heavy atom. The molecular weight excluding hydrogens is 657 g/mol. The van der Waals surface area contributed by atoms with Crippen molar-refractivity contribution in [3.63, 3.8) is 0 Å². The fourth-order valence-corrected chi connectivity index (χ4v) is 7.93. The number of ether oxygens (including phenoxy) is 2. The summed E-state index contributed by atoms with van der Waals surface area (Å²) >= 11 is 0. The van der Waals surface area contributed by atoms with Crippen LogP contribution < -0.4 is 0 Å². The van der Waals surface area contributed by atoms with E-state index in [1.165, 1.54) is 8.61 Å². The van der Waals surface area contributed by atoms with Crippen LogP contribution in [-0.2, 0) is 39.1 Å². The Bertz CT molecular complexity index is 1460. The summed E-state index contributed by atoms with van der Waals surface area (Å²) in [7, 11) is -7.92. The highest BCUT2D eigenvalue weighted by Crippen LogP contribution is 2.20. The Kier molecular flexibility index (Phi) is 13.4. The van der Waals surface area contributed by atoms with Gasteiger partial charge in [0.15, 0.2) is 0 Å². The number of carbonyl (C=O) groups excluding carboxylic acids is 2. The molecule has 0 N–H and O–H groups in total. The third-order valence-corrected chi connectivity index (χ3v) is 11.4. The van der Waals surface area contributed by atoms with Crippen LogP contribution in [0.5, 0.6) is 0 Å². The molecule has 0 aliphatic carbocycles. The van der Waals surface area contributed by atoms with Crippen molar-refractivity contribution in [3.8, 4) is 0 Å². The highest BCUT2D eigenvalue weighted by atomic mass is 32.2. The van der Waals surface area contributed by atoms with E-state index in [4.69, 9.17) is 9.47 Å². The molecule has 0 bridgehead atoms. The smallest absolute Gasteiger partial charge is 0.320 e. The summed E-state index contributed by atoms with van der Waals surface area (Å²) in [5.41, 5.74) is 0.366. The molecule has 0 atom stereocenters. The van der Waals surface area contributed by atoms with E-state index in [9.17, 15) is 26.4 Å². The first-order valence-corrected chi connectivity index (χ1v) is 19.1. The van der Waals surface area contributed by atoms with E-state index in [0.29, 0.717) is 0 Å². The molecule has 0 amide bonds. The molecule has 1 aliphatic rings. The second-order valence-electron chi connectivity index (χ2n) is 14.2. The molecular formula is C34H52N4O8S2. The minimum atomic E-state index is -3.96. The van der Waals surface area contributed by atoms with Gasteiger partial charge in [-0.05, 0) is 79.7 Å². The lowest BCUT2D eigenvalue weighted by Gasteiger charge is -2.33. The summed E-state index contributed by atoms with van der Waals surface area (Å²) in [6.45, 7) is 14.6. The number of benzene rings is 2. The fourth-order valence-electron chi connectivity index (χ4n) is 5.09. The first-order valence-electron chi connectivity index (χ1n) is 16.2. The number of aryl methyl sites for hydroxylation is 2. The van der Waals surface area contributed by atoms with Crippen molar-refractivity contribution in [3.05, 3.63) is 59.7 Å². The van der Waals surface area contributed by atoms with Gasteiger partial charge in [-0.2, -0.15) is 8.61 Å². The predicted octanol–water partition coefficient (Wildman–Crippen LogP) is 3.29. The van der Waals surface area contributed by atoms with Crippen molar-refractivity contribution < 1.29 is 35.9 Å². The quantitative estimate of drug-likeness (QED) is 0.377. The molecule has 0 spiro atoms. The number of rotatable bonds is 8. The molecule has 48 heavy (non-hydrogen) atoms. The molecule has 2 aromatic rings. The minimum Gasteiger partial charge on any atom is -0.459 e. The molecule has 2 aromatic carbocycles. The molecule has 14 heteroatoms. The zero-order chi connectivity index (χ0) is 35.9. The van der Waals surface area contributed by atoms with Crippen LogP contribution in [0, 0.1) is 13.8 Å². The van der Waals surface area contributed by atoms with Gasteiger partial charge >= 0.3 is 11.9 Å². The normalized spacial score (nSPS) is 17.7. The second-order valence-corrected chi connectivity index (χ2v) is 18.0. The number of hydrogen-bond acceptors (Lipinski definition) is 10. The van der Waals surface area contributed by atoms with Crippen molar-refractivity contribution in [2.75, 3.05) is 65.4 Å². The maximum atomic E-state index is 13.9. The Hall–Kier alpha value is -2.88. The summed E-state index contributed by atoms with van der Waals surface area (Å²) in [4.78, 5) is 29.6. The largest absolute Gasteiger partial charge is 0.459 e. The van der Waals surface area contributed by atoms with Gasteiger partial charge in [0.2, 0.25) is 20.0 Å². The van der Waals surface area contributed by atoms with Crippen LogP contribution in [0.4, 0.5) is 0 Å². The van der Waals surface area contributed by atoms with E-state index >= 15 is 0 Å². The Balaban J connectivity index is 2.00. The van der Waals surface area contributed by atoms with Crippen LogP contribution in [0.1, 0.15) is 52.7 Å². The van der Waals surface area contributed by atoms with Crippen molar-refractivity contribution >= 4 is 32.0 Å². The third kappa shape index (κ3) is 12.2. The van der Waals surface area contributed by atoms with Crippen LogP contribution in [0.15, 0.2) is 58.3 Å². The first-order chi connectivity index (χ1) is 22.2. The second kappa shape index (κ2) is 16.2. The summed E-state index contributed by atoms with van der Waals surface area (Å²) in [6.07, 6.45) is 0. The third-order valence-electron chi connectivity index (χ3n) is 7.53. The topological polar surface area (TPSA) is 134 Å². The van der Waals surface area contributed by atoms with Gasteiger partial charge in [-0.1, -0.05) is 35.4 Å². The molecule has 3 rings (SSSR count). The van der Waals surface area contributed by atoms with Crippen LogP contribution in [-0.4, -0.2) is 124 Å². The highest BCUT2D eigenvalue weighted by molar-refractivity contribution is 7.89. The van der Waals surface area contributed by atoms with Gasteiger partial charge in [0.05, 0.1) is 22.9 Å². The number of nitrogens with zero attached hydrogens (tertiary/aromatic N) is 4. The van der Waals surface area contributed by atoms with E-state index in [1.54, 1.807) is 99.9 Å². The van der Waals surface area contributed by atoms with Gasteiger partial charge in [0, 0.05) is 52.4 Å². The molecule has 1 saturated heterocycles. The van der Waals surface area contributed by atoms with Gasteiger partial charge < -0.3 is 9.47 Å². The van der Waals surface area contributed by atoms with Crippen molar-refractivity contribution in [2.45, 2.75) is 76.4 Å². The average molecular weight is 709 g/mol. The summed E-state index contributed by atoms with van der Waals surface area (Å²) in [5, 5.41) is 0. The lowest BCUT2D eigenvalue weighted by molar-refractivity contribution is -0.157. The molecule has 0 saturated carbocycles. The molecule has 12 nitrogen and oxygen atoms in total. The first kappa shape index (κ1) is 39.6. The van der Waals surface area contributed by atoms with Crippen LogP contribution >= 0.6 is 0 Å². The Morgan fingerprint density at radius 2 is 0.812 bits per heavy atom. The van der Waals surface area contributed by atoms with E-state index in [2.05, 4.69) is 0 Å². The molecule has 0 aromatic heterocycles. The van der Waals surface area contributed by atoms with Crippen molar-refractivity contribution in [1.82, 2.24) is 18.4 Å². The lowest BCUT2D eigenvalue weighted by Crippen LogP contribution is -2.50. The summed E-state index contributed by atoms with van der Waals surface area (Å²) < 4.78 is 69.5. The zero-order valence-electron chi connectivity index (χ0n) is 29.6. The van der Waals surface area contributed by atoms with Gasteiger partial charge in [-0.25, -0.2) is 16.8 Å². The monoisotopic (exact) mass is 708 g/mol. The van der Waals surface area contributed by atoms with Crippen LogP contribution in [0.2, 0.25) is 0 Å². The number of hydrogen-bond donors (Lipinski definition) is 0. The zero-order valence-corrected chi connectivity index (χ0v) is 31.2. The number of sulfonamides is 2. The van der Waals surface area contributed by atoms with Crippen LogP contribution in [0.25, 0.3) is 0 Å². The maximum Gasteiger partial charge on any atom is 0.320 e. The molecule has 1 heterocycles. The van der Waals surface area contributed by atoms with E-state index < -0.39 is 43.2 Å². The molecule has 1 aliphatic heterocycles. The minimum absolute atomic E-state index is 0.0179. The van der Waals surface area contributed by atoms with Crippen LogP contribution in [0.3, 0.4) is 0 Å².